The number of rotatable bonds is 2. The van der Waals surface area contributed by atoms with Crippen LogP contribution in [-0.4, -0.2) is 5.25 Å². The van der Waals surface area contributed by atoms with Crippen molar-refractivity contribution in [3.63, 3.8) is 0 Å². The number of nitriles is 1. The first-order valence-electron chi connectivity index (χ1n) is 2.36. The highest BCUT2D eigenvalue weighted by atomic mass is 32.2. The Morgan fingerprint density at radius 3 is 2.57 bits per heavy atom. The molecular weight excluding hydrogens is 106 g/mol. The van der Waals surface area contributed by atoms with Gasteiger partial charge >= 0.3 is 0 Å². The highest BCUT2D eigenvalue weighted by Gasteiger charge is 1.93. The second-order valence-corrected chi connectivity index (χ2v) is 2.65. The quantitative estimate of drug-likeness (QED) is 0.514. The van der Waals surface area contributed by atoms with Gasteiger partial charge in [-0.2, -0.15) is 5.26 Å². The zero-order valence-corrected chi connectivity index (χ0v) is 5.46. The highest BCUT2D eigenvalue weighted by Crippen LogP contribution is 2.09. The Morgan fingerprint density at radius 1 is 1.86 bits per heavy atom. The number of thioether (sulfide) groups is 1. The molecule has 0 radical (unpaired) electrons. The van der Waals surface area contributed by atoms with Crippen LogP contribution >= 0.6 is 11.8 Å². The minimum absolute atomic E-state index is 0.505. The van der Waals surface area contributed by atoms with E-state index in [1.54, 1.807) is 0 Å². The molecule has 0 saturated heterocycles. The Bertz CT molecular complexity index is 74.6. The summed E-state index contributed by atoms with van der Waals surface area (Å²) >= 11 is 1.34. The van der Waals surface area contributed by atoms with E-state index < -0.39 is 0 Å². The first-order valence-corrected chi connectivity index (χ1v) is 3.24. The van der Waals surface area contributed by atoms with Crippen LogP contribution in [0.25, 0.3) is 0 Å². The summed E-state index contributed by atoms with van der Waals surface area (Å²) in [5.74, 6) is 0. The van der Waals surface area contributed by atoms with Gasteiger partial charge in [0.05, 0.1) is 0 Å². The van der Waals surface area contributed by atoms with E-state index in [-0.39, 0.29) is 0 Å². The number of hydrogen-bond donors (Lipinski definition) is 0. The summed E-state index contributed by atoms with van der Waals surface area (Å²) < 4.78 is 0. The van der Waals surface area contributed by atoms with Crippen LogP contribution in [0.3, 0.4) is 0 Å². The molecule has 0 aromatic carbocycles. The minimum atomic E-state index is 0.505. The molecule has 0 saturated carbocycles. The molecule has 0 bridgehead atoms. The molecule has 2 heteroatoms. The van der Waals surface area contributed by atoms with Gasteiger partial charge in [-0.25, -0.2) is 0 Å². The summed E-state index contributed by atoms with van der Waals surface area (Å²) in [6, 6.07) is 0. The van der Waals surface area contributed by atoms with Crippen molar-refractivity contribution < 1.29 is 0 Å². The van der Waals surface area contributed by atoms with Gasteiger partial charge < -0.3 is 0 Å². The Balaban J connectivity index is 3.03. The number of thiocyanates is 1. The fraction of sp³-hybridized carbons (Fsp3) is 0.800. The van der Waals surface area contributed by atoms with E-state index in [1.807, 2.05) is 12.3 Å². The van der Waals surface area contributed by atoms with Gasteiger partial charge in [-0.05, 0) is 18.2 Å². The molecular formula is C5H9NS. The van der Waals surface area contributed by atoms with Gasteiger partial charge in [-0.1, -0.05) is 13.8 Å². The normalized spacial score (nSPS) is 12.7. The Hall–Kier alpha value is -0.160. The fourth-order valence-electron chi connectivity index (χ4n) is 0.173. The maximum atomic E-state index is 8.08. The predicted molar refractivity (Wildman–Crippen MR) is 33.0 cm³/mol. The third kappa shape index (κ3) is 3.68. The standard InChI is InChI=1S/C5H9NS/c1-3-5(2)7-4-6/h5H,3H2,1-2H3. The average Bonchev–Trinajstić information content (AvgIpc) is 1.68. The molecule has 0 spiro atoms. The van der Waals surface area contributed by atoms with Gasteiger partial charge in [-0.15, -0.1) is 0 Å². The zero-order chi connectivity index (χ0) is 5.70. The molecule has 0 rings (SSSR count). The summed E-state index contributed by atoms with van der Waals surface area (Å²) in [6.07, 6.45) is 1.08. The van der Waals surface area contributed by atoms with Crippen molar-refractivity contribution in [2.24, 2.45) is 0 Å². The van der Waals surface area contributed by atoms with Gasteiger partial charge in [0.15, 0.2) is 0 Å². The first-order chi connectivity index (χ1) is 3.31. The van der Waals surface area contributed by atoms with Crippen molar-refractivity contribution in [1.29, 1.82) is 5.26 Å². The van der Waals surface area contributed by atoms with Crippen molar-refractivity contribution >= 4 is 11.8 Å². The summed E-state index contributed by atoms with van der Waals surface area (Å²) in [6.45, 7) is 4.13. The summed E-state index contributed by atoms with van der Waals surface area (Å²) in [5, 5.41) is 10.6. The maximum Gasteiger partial charge on any atom is 0.133 e. The maximum absolute atomic E-state index is 8.08. The molecule has 0 aliphatic rings. The molecule has 0 aliphatic heterocycles. The largest absolute Gasteiger partial charge is 0.185 e. The van der Waals surface area contributed by atoms with Crippen molar-refractivity contribution in [3.8, 4) is 5.40 Å². The Morgan fingerprint density at radius 2 is 2.43 bits per heavy atom. The summed E-state index contributed by atoms with van der Waals surface area (Å²) in [5.41, 5.74) is 0. The topological polar surface area (TPSA) is 23.8 Å². The Kier molecular flexibility index (Phi) is 3.92. The van der Waals surface area contributed by atoms with Gasteiger partial charge in [0.25, 0.3) is 0 Å². The van der Waals surface area contributed by atoms with Gasteiger partial charge in [0.2, 0.25) is 0 Å². The lowest BCUT2D eigenvalue weighted by atomic mass is 10.4. The van der Waals surface area contributed by atoms with E-state index >= 15 is 0 Å². The van der Waals surface area contributed by atoms with Crippen LogP contribution in [0, 0.1) is 10.7 Å². The Labute approximate surface area is 48.7 Å². The van der Waals surface area contributed by atoms with E-state index in [2.05, 4.69) is 6.92 Å². The first kappa shape index (κ1) is 6.84. The molecule has 1 unspecified atom stereocenters. The van der Waals surface area contributed by atoms with Gasteiger partial charge in [0, 0.05) is 5.25 Å². The third-order valence-electron chi connectivity index (χ3n) is 0.829. The predicted octanol–water partition coefficient (Wildman–Crippen LogP) is 2.00. The number of nitrogens with zero attached hydrogens (tertiary/aromatic N) is 1. The number of hydrogen-bond acceptors (Lipinski definition) is 2. The molecule has 0 heterocycles. The zero-order valence-electron chi connectivity index (χ0n) is 4.64. The lowest BCUT2D eigenvalue weighted by molar-refractivity contribution is 0.910. The van der Waals surface area contributed by atoms with Crippen LogP contribution < -0.4 is 0 Å². The molecule has 7 heavy (non-hydrogen) atoms. The van der Waals surface area contributed by atoms with Gasteiger partial charge in [-0.3, -0.25) is 0 Å². The second-order valence-electron chi connectivity index (χ2n) is 1.43. The molecule has 40 valence electrons. The molecule has 0 aromatic heterocycles. The summed E-state index contributed by atoms with van der Waals surface area (Å²) in [7, 11) is 0. The molecule has 0 fully saturated rings. The molecule has 0 N–H and O–H groups in total. The van der Waals surface area contributed by atoms with E-state index in [0.29, 0.717) is 5.25 Å². The smallest absolute Gasteiger partial charge is 0.133 e. The monoisotopic (exact) mass is 115 g/mol. The van der Waals surface area contributed by atoms with Crippen LogP contribution in [0.5, 0.6) is 0 Å². The van der Waals surface area contributed by atoms with Crippen LogP contribution in [0.1, 0.15) is 20.3 Å². The van der Waals surface area contributed by atoms with E-state index in [1.165, 1.54) is 11.8 Å². The molecule has 0 aliphatic carbocycles. The van der Waals surface area contributed by atoms with Crippen molar-refractivity contribution in [3.05, 3.63) is 0 Å². The summed E-state index contributed by atoms with van der Waals surface area (Å²) in [4.78, 5) is 0. The lowest BCUT2D eigenvalue weighted by Crippen LogP contribution is -1.87. The van der Waals surface area contributed by atoms with Crippen LogP contribution in [0.4, 0.5) is 0 Å². The van der Waals surface area contributed by atoms with Crippen molar-refractivity contribution in [1.82, 2.24) is 0 Å². The van der Waals surface area contributed by atoms with E-state index in [0.717, 1.165) is 6.42 Å². The van der Waals surface area contributed by atoms with E-state index in [9.17, 15) is 0 Å². The molecule has 0 aromatic rings. The highest BCUT2D eigenvalue weighted by molar-refractivity contribution is 8.04. The van der Waals surface area contributed by atoms with Crippen molar-refractivity contribution in [2.75, 3.05) is 0 Å². The van der Waals surface area contributed by atoms with E-state index in [4.69, 9.17) is 5.26 Å². The fourth-order valence-corrected chi connectivity index (χ4v) is 0.520. The lowest BCUT2D eigenvalue weighted by Gasteiger charge is -1.95. The SMILES string of the molecule is CCC(C)SC#N. The molecule has 0 amide bonds. The van der Waals surface area contributed by atoms with Crippen LogP contribution in [0.2, 0.25) is 0 Å². The second kappa shape index (κ2) is 4.01. The van der Waals surface area contributed by atoms with Crippen LogP contribution in [-0.2, 0) is 0 Å². The third-order valence-corrected chi connectivity index (χ3v) is 1.67. The molecule has 1 atom stereocenters. The molecule has 1 nitrogen and oxygen atoms in total. The van der Waals surface area contributed by atoms with Crippen molar-refractivity contribution in [2.45, 2.75) is 25.5 Å². The average molecular weight is 115 g/mol. The van der Waals surface area contributed by atoms with Gasteiger partial charge in [0.1, 0.15) is 5.40 Å². The minimum Gasteiger partial charge on any atom is -0.185 e. The van der Waals surface area contributed by atoms with Crippen LogP contribution in [0.15, 0.2) is 0 Å².